The molecule has 0 aliphatic heterocycles. The second kappa shape index (κ2) is 5.58. The van der Waals surface area contributed by atoms with E-state index >= 15 is 0 Å². The molecule has 0 radical (unpaired) electrons. The number of nitrogens with one attached hydrogen (secondary N) is 1. The molecule has 1 aliphatic rings. The highest BCUT2D eigenvalue weighted by Crippen LogP contribution is 2.38. The Morgan fingerprint density at radius 3 is 2.85 bits per heavy atom. The second-order valence-electron chi connectivity index (χ2n) is 4.98. The van der Waals surface area contributed by atoms with E-state index < -0.39 is 0 Å². The van der Waals surface area contributed by atoms with Crippen molar-refractivity contribution in [2.75, 3.05) is 11.1 Å². The van der Waals surface area contributed by atoms with Gasteiger partial charge in [-0.25, -0.2) is 0 Å². The van der Waals surface area contributed by atoms with E-state index in [0.717, 1.165) is 22.3 Å². The van der Waals surface area contributed by atoms with Crippen molar-refractivity contribution in [3.8, 4) is 0 Å². The number of nitrogen functional groups attached to an aromatic ring is 1. The number of rotatable bonds is 5. The number of hydrogen-bond acceptors (Lipinski definition) is 4. The fourth-order valence-electron chi connectivity index (χ4n) is 2.04. The van der Waals surface area contributed by atoms with Crippen molar-refractivity contribution in [3.63, 3.8) is 0 Å². The molecule has 1 aromatic carbocycles. The van der Waals surface area contributed by atoms with Crippen LogP contribution in [0.25, 0.3) is 0 Å². The molecule has 1 heterocycles. The van der Waals surface area contributed by atoms with E-state index in [9.17, 15) is 4.79 Å². The molecule has 104 valence electrons. The predicted octanol–water partition coefficient (Wildman–Crippen LogP) is 4.30. The van der Waals surface area contributed by atoms with Gasteiger partial charge in [-0.1, -0.05) is 34.1 Å². The first-order valence-corrected chi connectivity index (χ1v) is 8.17. The van der Waals surface area contributed by atoms with Gasteiger partial charge in [-0.05, 0) is 30.5 Å². The number of nitrogens with two attached hydrogens (primary N) is 1. The smallest absolute Gasteiger partial charge is 0.178 e. The number of carbonyl (C=O) groups excluding carboxylic acids is 1. The van der Waals surface area contributed by atoms with Crippen molar-refractivity contribution >= 4 is 43.7 Å². The molecule has 0 atom stereocenters. The third-order valence-electron chi connectivity index (χ3n) is 3.34. The van der Waals surface area contributed by atoms with Gasteiger partial charge in [-0.2, -0.15) is 0 Å². The maximum atomic E-state index is 12.1. The largest absolute Gasteiger partial charge is 0.397 e. The zero-order chi connectivity index (χ0) is 14.1. The van der Waals surface area contributed by atoms with Crippen LogP contribution in [0, 0.1) is 5.92 Å². The predicted molar refractivity (Wildman–Crippen MR) is 87.3 cm³/mol. The lowest BCUT2D eigenvalue weighted by molar-refractivity contribution is 0.0972. The van der Waals surface area contributed by atoms with Gasteiger partial charge in [0.25, 0.3) is 0 Å². The van der Waals surface area contributed by atoms with E-state index in [1.165, 1.54) is 16.9 Å². The Hall–Kier alpha value is -1.33. The Morgan fingerprint density at radius 1 is 1.40 bits per heavy atom. The molecule has 0 saturated heterocycles. The van der Waals surface area contributed by atoms with E-state index in [1.54, 1.807) is 0 Å². The van der Waals surface area contributed by atoms with E-state index in [1.807, 2.05) is 24.3 Å². The molecule has 1 saturated carbocycles. The molecule has 3 nitrogen and oxygen atoms in total. The van der Waals surface area contributed by atoms with Crippen molar-refractivity contribution in [3.05, 3.63) is 45.2 Å². The summed E-state index contributed by atoms with van der Waals surface area (Å²) in [6.07, 6.45) is 2.02. The zero-order valence-electron chi connectivity index (χ0n) is 10.9. The number of benzene rings is 1. The third-order valence-corrected chi connectivity index (χ3v) is 5.24. The molecule has 0 amide bonds. The van der Waals surface area contributed by atoms with E-state index in [0.29, 0.717) is 17.1 Å². The summed E-state index contributed by atoms with van der Waals surface area (Å²) in [7, 11) is 0. The van der Waals surface area contributed by atoms with Crippen LogP contribution in [0.4, 0.5) is 10.7 Å². The Bertz CT molecular complexity index is 649. The van der Waals surface area contributed by atoms with Gasteiger partial charge in [0.1, 0.15) is 0 Å². The van der Waals surface area contributed by atoms with Crippen molar-refractivity contribution in [2.24, 2.45) is 5.92 Å². The molecule has 5 heteroatoms. The van der Waals surface area contributed by atoms with Crippen molar-refractivity contribution in [2.45, 2.75) is 19.4 Å². The highest BCUT2D eigenvalue weighted by atomic mass is 79.9. The van der Waals surface area contributed by atoms with Gasteiger partial charge in [0, 0.05) is 16.9 Å². The molecule has 0 spiro atoms. The van der Waals surface area contributed by atoms with Crippen molar-refractivity contribution < 1.29 is 4.79 Å². The number of hydrogen-bond donors (Lipinski definition) is 2. The lowest BCUT2D eigenvalue weighted by Gasteiger charge is -2.05. The minimum atomic E-state index is 0.210. The minimum Gasteiger partial charge on any atom is -0.397 e. The third kappa shape index (κ3) is 2.88. The summed E-state index contributed by atoms with van der Waals surface area (Å²) in [6.45, 7) is 0.707. The van der Waals surface area contributed by atoms with Crippen LogP contribution in [0.2, 0.25) is 0 Å². The maximum absolute atomic E-state index is 12.1. The highest BCUT2D eigenvalue weighted by Gasteiger charge is 2.32. The fourth-order valence-corrected chi connectivity index (χ4v) is 3.46. The average Bonchev–Trinajstić information content (AvgIpc) is 3.21. The van der Waals surface area contributed by atoms with Crippen LogP contribution in [0.3, 0.4) is 0 Å². The number of Topliss-reactive ketones (excluding diaryl/α,β-unsaturated/α-hetero) is 1. The van der Waals surface area contributed by atoms with Crippen LogP contribution in [-0.4, -0.2) is 5.78 Å². The summed E-state index contributed by atoms with van der Waals surface area (Å²) in [5.74, 6) is 0.425. The summed E-state index contributed by atoms with van der Waals surface area (Å²) in [5, 5.41) is 4.28. The van der Waals surface area contributed by atoms with Crippen LogP contribution in [0.5, 0.6) is 0 Å². The summed E-state index contributed by atoms with van der Waals surface area (Å²) >= 11 is 4.98. The van der Waals surface area contributed by atoms with Crippen LogP contribution >= 0.6 is 27.3 Å². The quantitative estimate of drug-likeness (QED) is 0.790. The normalized spacial score (nSPS) is 14.2. The molecule has 2 aromatic rings. The van der Waals surface area contributed by atoms with Gasteiger partial charge >= 0.3 is 0 Å². The topological polar surface area (TPSA) is 55.1 Å². The standard InChI is InChI=1S/C15H15BrN2OS/c16-11-4-2-1-3-10(11)8-18-13-7-12(17)15(20-13)14(19)9-5-6-9/h1-4,7,9,18H,5-6,8,17H2. The maximum Gasteiger partial charge on any atom is 0.178 e. The molecular weight excluding hydrogens is 336 g/mol. The summed E-state index contributed by atoms with van der Waals surface area (Å²) < 4.78 is 1.08. The molecule has 1 aromatic heterocycles. The van der Waals surface area contributed by atoms with Gasteiger partial charge < -0.3 is 11.1 Å². The van der Waals surface area contributed by atoms with Crippen LogP contribution in [-0.2, 0) is 6.54 Å². The van der Waals surface area contributed by atoms with Crippen LogP contribution in [0.1, 0.15) is 28.1 Å². The second-order valence-corrected chi connectivity index (χ2v) is 6.89. The summed E-state index contributed by atoms with van der Waals surface area (Å²) in [4.78, 5) is 12.8. The van der Waals surface area contributed by atoms with Gasteiger partial charge in [-0.15, -0.1) is 11.3 Å². The lowest BCUT2D eigenvalue weighted by Crippen LogP contribution is -2.01. The van der Waals surface area contributed by atoms with E-state index in [-0.39, 0.29) is 11.7 Å². The fraction of sp³-hybridized carbons (Fsp3) is 0.267. The monoisotopic (exact) mass is 350 g/mol. The summed E-state index contributed by atoms with van der Waals surface area (Å²) in [5.41, 5.74) is 7.72. The molecule has 20 heavy (non-hydrogen) atoms. The number of anilines is 2. The summed E-state index contributed by atoms with van der Waals surface area (Å²) in [6, 6.07) is 9.93. The van der Waals surface area contributed by atoms with E-state index in [4.69, 9.17) is 5.73 Å². The zero-order valence-corrected chi connectivity index (χ0v) is 13.3. The molecule has 3 N–H and O–H groups in total. The Morgan fingerprint density at radius 2 is 2.15 bits per heavy atom. The first kappa shape index (κ1) is 13.6. The van der Waals surface area contributed by atoms with Crippen LogP contribution in [0.15, 0.2) is 34.8 Å². The molecule has 0 bridgehead atoms. The van der Waals surface area contributed by atoms with Gasteiger partial charge in [0.05, 0.1) is 15.6 Å². The number of ketones is 1. The SMILES string of the molecule is Nc1cc(NCc2ccccc2Br)sc1C(=O)C1CC1. The number of halogens is 1. The number of thiophene rings is 1. The first-order valence-electron chi connectivity index (χ1n) is 6.56. The van der Waals surface area contributed by atoms with Crippen LogP contribution < -0.4 is 11.1 Å². The molecule has 1 fully saturated rings. The van der Waals surface area contributed by atoms with E-state index in [2.05, 4.69) is 27.3 Å². The Labute approximate surface area is 130 Å². The van der Waals surface area contributed by atoms with Gasteiger partial charge in [0.15, 0.2) is 5.78 Å². The molecule has 3 rings (SSSR count). The number of carbonyl (C=O) groups is 1. The van der Waals surface area contributed by atoms with Crippen molar-refractivity contribution in [1.82, 2.24) is 0 Å². The minimum absolute atomic E-state index is 0.210. The Kier molecular flexibility index (Phi) is 3.81. The molecule has 0 unspecified atom stereocenters. The Balaban J connectivity index is 1.70. The lowest BCUT2D eigenvalue weighted by atomic mass is 10.2. The van der Waals surface area contributed by atoms with Gasteiger partial charge in [-0.3, -0.25) is 4.79 Å². The molecular formula is C15H15BrN2OS. The average molecular weight is 351 g/mol. The van der Waals surface area contributed by atoms with Crippen molar-refractivity contribution in [1.29, 1.82) is 0 Å². The highest BCUT2D eigenvalue weighted by molar-refractivity contribution is 9.10. The van der Waals surface area contributed by atoms with Gasteiger partial charge in [0.2, 0.25) is 0 Å². The first-order chi connectivity index (χ1) is 9.65. The molecule has 1 aliphatic carbocycles.